The normalized spacial score (nSPS) is 18.0. The first-order chi connectivity index (χ1) is 5.96. The van der Waals surface area contributed by atoms with E-state index in [0.29, 0.717) is 12.3 Å². The zero-order valence-electron chi connectivity index (χ0n) is 8.66. The highest BCUT2D eigenvalue weighted by Gasteiger charge is 2.44. The summed E-state index contributed by atoms with van der Waals surface area (Å²) in [6.45, 7) is 8.02. The molecule has 0 saturated heterocycles. The standard InChI is InChI=1S/C9H17N3O/c1-6(2)5-8(13)10-9(7(3)4)11-12-9/h6-7H,5H2,1-4H3,(H,10,13). The highest BCUT2D eigenvalue weighted by atomic mass is 16.2. The molecule has 1 aliphatic heterocycles. The van der Waals surface area contributed by atoms with Crippen LogP contribution in [0.4, 0.5) is 0 Å². The number of rotatable bonds is 4. The molecule has 4 nitrogen and oxygen atoms in total. The number of nitrogens with one attached hydrogen (secondary N) is 1. The summed E-state index contributed by atoms with van der Waals surface area (Å²) >= 11 is 0. The molecule has 1 N–H and O–H groups in total. The lowest BCUT2D eigenvalue weighted by atomic mass is 10.1. The van der Waals surface area contributed by atoms with Gasteiger partial charge >= 0.3 is 0 Å². The minimum absolute atomic E-state index is 0.0358. The molecule has 0 aromatic heterocycles. The Morgan fingerprint density at radius 1 is 1.31 bits per heavy atom. The van der Waals surface area contributed by atoms with Gasteiger partial charge in [0.25, 0.3) is 5.79 Å². The molecule has 0 aromatic rings. The Hall–Kier alpha value is -0.930. The second kappa shape index (κ2) is 3.44. The van der Waals surface area contributed by atoms with Gasteiger partial charge in [0.2, 0.25) is 5.91 Å². The van der Waals surface area contributed by atoms with Crippen LogP contribution in [0.25, 0.3) is 0 Å². The fourth-order valence-corrected chi connectivity index (χ4v) is 1.11. The number of amides is 1. The first-order valence-electron chi connectivity index (χ1n) is 4.71. The lowest BCUT2D eigenvalue weighted by Crippen LogP contribution is -2.42. The topological polar surface area (TPSA) is 53.8 Å². The summed E-state index contributed by atoms with van der Waals surface area (Å²) in [5.74, 6) is 0.0617. The van der Waals surface area contributed by atoms with E-state index in [9.17, 15) is 4.79 Å². The lowest BCUT2D eigenvalue weighted by molar-refractivity contribution is -0.123. The molecule has 0 spiro atoms. The predicted molar refractivity (Wildman–Crippen MR) is 50.0 cm³/mol. The molecule has 0 aliphatic carbocycles. The molecule has 1 amide bonds. The van der Waals surface area contributed by atoms with Crippen molar-refractivity contribution >= 4 is 5.91 Å². The minimum Gasteiger partial charge on any atom is -0.310 e. The van der Waals surface area contributed by atoms with Crippen LogP contribution in [0.1, 0.15) is 34.1 Å². The molecule has 74 valence electrons. The van der Waals surface area contributed by atoms with Gasteiger partial charge in [0, 0.05) is 12.3 Å². The maximum atomic E-state index is 11.4. The fraction of sp³-hybridized carbons (Fsp3) is 0.889. The van der Waals surface area contributed by atoms with Gasteiger partial charge in [0.05, 0.1) is 0 Å². The summed E-state index contributed by atoms with van der Waals surface area (Å²) in [7, 11) is 0. The van der Waals surface area contributed by atoms with Crippen molar-refractivity contribution in [3.63, 3.8) is 0 Å². The van der Waals surface area contributed by atoms with Crippen LogP contribution in [0.3, 0.4) is 0 Å². The molecule has 0 bridgehead atoms. The summed E-state index contributed by atoms with van der Waals surface area (Å²) in [4.78, 5) is 11.4. The van der Waals surface area contributed by atoms with Gasteiger partial charge < -0.3 is 5.32 Å². The van der Waals surface area contributed by atoms with Crippen LogP contribution in [-0.2, 0) is 4.79 Å². The molecular formula is C9H17N3O. The Morgan fingerprint density at radius 2 is 1.85 bits per heavy atom. The summed E-state index contributed by atoms with van der Waals surface area (Å²) < 4.78 is 0. The number of hydrogen-bond donors (Lipinski definition) is 1. The monoisotopic (exact) mass is 183 g/mol. The summed E-state index contributed by atoms with van der Waals surface area (Å²) in [5.41, 5.74) is 0. The van der Waals surface area contributed by atoms with Gasteiger partial charge in [-0.1, -0.05) is 27.7 Å². The van der Waals surface area contributed by atoms with Crippen molar-refractivity contribution < 1.29 is 4.79 Å². The minimum atomic E-state index is -0.591. The lowest BCUT2D eigenvalue weighted by Gasteiger charge is -2.16. The van der Waals surface area contributed by atoms with Crippen LogP contribution in [0.2, 0.25) is 0 Å². The molecule has 0 aromatic carbocycles. The molecule has 0 radical (unpaired) electrons. The smallest absolute Gasteiger partial charge is 0.267 e. The van der Waals surface area contributed by atoms with Crippen LogP contribution in [0.15, 0.2) is 10.2 Å². The number of hydrogen-bond acceptors (Lipinski definition) is 3. The Balaban J connectivity index is 2.36. The van der Waals surface area contributed by atoms with Crippen molar-refractivity contribution in [2.75, 3.05) is 0 Å². The molecule has 4 heteroatoms. The van der Waals surface area contributed by atoms with Crippen molar-refractivity contribution in [3.8, 4) is 0 Å². The van der Waals surface area contributed by atoms with Crippen molar-refractivity contribution in [2.24, 2.45) is 22.1 Å². The van der Waals surface area contributed by atoms with E-state index in [-0.39, 0.29) is 11.8 Å². The molecule has 0 atom stereocenters. The maximum absolute atomic E-state index is 11.4. The number of nitrogens with zero attached hydrogens (tertiary/aromatic N) is 2. The highest BCUT2D eigenvalue weighted by Crippen LogP contribution is 2.32. The average Bonchev–Trinajstić information content (AvgIpc) is 2.66. The first kappa shape index (κ1) is 10.2. The predicted octanol–water partition coefficient (Wildman–Crippen LogP) is 1.92. The molecule has 13 heavy (non-hydrogen) atoms. The number of carbonyl (C=O) groups excluding carboxylic acids is 1. The van der Waals surface area contributed by atoms with E-state index < -0.39 is 5.79 Å². The zero-order chi connectivity index (χ0) is 10.1. The third kappa shape index (κ3) is 2.50. The van der Waals surface area contributed by atoms with Crippen molar-refractivity contribution in [3.05, 3.63) is 0 Å². The molecule has 1 aliphatic rings. The Bertz CT molecular complexity index is 227. The van der Waals surface area contributed by atoms with Crippen molar-refractivity contribution in [2.45, 2.75) is 39.9 Å². The van der Waals surface area contributed by atoms with Crippen LogP contribution >= 0.6 is 0 Å². The first-order valence-corrected chi connectivity index (χ1v) is 4.71. The van der Waals surface area contributed by atoms with Crippen LogP contribution in [-0.4, -0.2) is 11.7 Å². The Kier molecular flexibility index (Phi) is 2.68. The number of carbonyl (C=O) groups is 1. The van der Waals surface area contributed by atoms with E-state index in [1.807, 2.05) is 27.7 Å². The van der Waals surface area contributed by atoms with E-state index in [1.165, 1.54) is 0 Å². The van der Waals surface area contributed by atoms with Crippen LogP contribution in [0.5, 0.6) is 0 Å². The van der Waals surface area contributed by atoms with E-state index >= 15 is 0 Å². The van der Waals surface area contributed by atoms with Gasteiger partial charge in [-0.2, -0.15) is 0 Å². The second-order valence-corrected chi connectivity index (χ2v) is 4.23. The summed E-state index contributed by atoms with van der Waals surface area (Å²) in [5, 5.41) is 10.6. The molecule has 1 heterocycles. The summed E-state index contributed by atoms with van der Waals surface area (Å²) in [6.07, 6.45) is 0.541. The van der Waals surface area contributed by atoms with E-state index in [1.54, 1.807) is 0 Å². The van der Waals surface area contributed by atoms with E-state index in [0.717, 1.165) is 0 Å². The van der Waals surface area contributed by atoms with Gasteiger partial charge in [0.15, 0.2) is 0 Å². The van der Waals surface area contributed by atoms with Crippen molar-refractivity contribution in [1.82, 2.24) is 5.32 Å². The summed E-state index contributed by atoms with van der Waals surface area (Å²) in [6, 6.07) is 0. The second-order valence-electron chi connectivity index (χ2n) is 4.23. The molecule has 0 unspecified atom stereocenters. The van der Waals surface area contributed by atoms with Gasteiger partial charge in [-0.15, -0.1) is 10.2 Å². The quantitative estimate of drug-likeness (QED) is 0.711. The van der Waals surface area contributed by atoms with E-state index in [2.05, 4.69) is 15.5 Å². The SMILES string of the molecule is CC(C)CC(=O)NC1(C(C)C)N=N1. The van der Waals surface area contributed by atoms with Crippen LogP contribution < -0.4 is 5.32 Å². The van der Waals surface area contributed by atoms with Gasteiger partial charge in [-0.25, -0.2) is 0 Å². The third-order valence-corrected chi connectivity index (χ3v) is 2.04. The van der Waals surface area contributed by atoms with Crippen molar-refractivity contribution in [1.29, 1.82) is 0 Å². The van der Waals surface area contributed by atoms with Crippen LogP contribution in [0, 0.1) is 11.8 Å². The molecular weight excluding hydrogens is 166 g/mol. The average molecular weight is 183 g/mol. The zero-order valence-corrected chi connectivity index (χ0v) is 8.66. The third-order valence-electron chi connectivity index (χ3n) is 2.04. The highest BCUT2D eigenvalue weighted by molar-refractivity contribution is 5.77. The van der Waals surface area contributed by atoms with Gasteiger partial charge in [-0.3, -0.25) is 4.79 Å². The Labute approximate surface area is 78.8 Å². The molecule has 1 rings (SSSR count). The molecule has 0 saturated carbocycles. The van der Waals surface area contributed by atoms with E-state index in [4.69, 9.17) is 0 Å². The van der Waals surface area contributed by atoms with Gasteiger partial charge in [-0.05, 0) is 5.92 Å². The maximum Gasteiger partial charge on any atom is 0.267 e. The molecule has 0 fully saturated rings. The largest absolute Gasteiger partial charge is 0.310 e. The fourth-order valence-electron chi connectivity index (χ4n) is 1.11. The Morgan fingerprint density at radius 3 is 2.15 bits per heavy atom. The van der Waals surface area contributed by atoms with Gasteiger partial charge in [0.1, 0.15) is 0 Å².